The number of anilines is 1. The number of aromatic nitrogens is 2. The molecule has 0 atom stereocenters. The lowest BCUT2D eigenvalue weighted by molar-refractivity contribution is 0.0702. The number of thiazole rings is 1. The number of carboxylic acid groups (broad SMARTS) is 1. The second-order valence-corrected chi connectivity index (χ2v) is 4.29. The number of hydrogen-bond donors (Lipinski definition) is 2. The number of hydrogen-bond acceptors (Lipinski definition) is 6. The van der Waals surface area contributed by atoms with E-state index >= 15 is 0 Å². The summed E-state index contributed by atoms with van der Waals surface area (Å²) in [5, 5.41) is 12.2. The van der Waals surface area contributed by atoms with Gasteiger partial charge >= 0.3 is 5.97 Å². The van der Waals surface area contributed by atoms with Crippen LogP contribution in [0.2, 0.25) is 0 Å². The Kier molecular flexibility index (Phi) is 3.38. The van der Waals surface area contributed by atoms with Crippen LogP contribution in [0.1, 0.15) is 28.2 Å². The van der Waals surface area contributed by atoms with E-state index in [0.29, 0.717) is 17.6 Å². The minimum absolute atomic E-state index is 0.203. The van der Waals surface area contributed by atoms with Crippen LogP contribution < -0.4 is 5.32 Å². The molecule has 0 spiro atoms. The van der Waals surface area contributed by atoms with Crippen molar-refractivity contribution < 1.29 is 14.3 Å². The Morgan fingerprint density at radius 2 is 2.35 bits per heavy atom. The number of aromatic carboxylic acids is 1. The molecule has 0 amide bonds. The van der Waals surface area contributed by atoms with E-state index in [1.54, 1.807) is 6.20 Å². The molecule has 0 aromatic carbocycles. The van der Waals surface area contributed by atoms with Crippen LogP contribution >= 0.6 is 11.3 Å². The van der Waals surface area contributed by atoms with Gasteiger partial charge in [0.25, 0.3) is 0 Å². The largest absolute Gasteiger partial charge is 0.477 e. The van der Waals surface area contributed by atoms with Crippen molar-refractivity contribution in [3.05, 3.63) is 28.9 Å². The Balaban J connectivity index is 1.94. The fourth-order valence-electron chi connectivity index (χ4n) is 1.20. The van der Waals surface area contributed by atoms with Gasteiger partial charge < -0.3 is 14.8 Å². The molecule has 17 heavy (non-hydrogen) atoms. The monoisotopic (exact) mass is 253 g/mol. The van der Waals surface area contributed by atoms with Crippen molar-refractivity contribution in [1.82, 2.24) is 9.97 Å². The van der Waals surface area contributed by atoms with E-state index < -0.39 is 5.97 Å². The number of nitrogens with one attached hydrogen (secondary N) is 1. The molecule has 6 nitrogen and oxygen atoms in total. The van der Waals surface area contributed by atoms with Crippen LogP contribution in [0.25, 0.3) is 0 Å². The van der Waals surface area contributed by atoms with E-state index in [9.17, 15) is 4.79 Å². The molecule has 2 rings (SSSR count). The maximum Gasteiger partial charge on any atom is 0.347 e. The van der Waals surface area contributed by atoms with Crippen molar-refractivity contribution in [2.45, 2.75) is 19.9 Å². The summed E-state index contributed by atoms with van der Waals surface area (Å²) in [5.41, 5.74) is 0. The number of aryl methyl sites for hydroxylation is 1. The molecule has 0 aliphatic heterocycles. The third-order valence-corrected chi connectivity index (χ3v) is 3.00. The molecule has 0 fully saturated rings. The van der Waals surface area contributed by atoms with Gasteiger partial charge in [0.05, 0.1) is 18.9 Å². The Labute approximate surface area is 101 Å². The standard InChI is InChI=1S/C10H11N3O3S/c1-2-6-3-11-8(16-6)5-13-10-12-4-7(17-10)9(14)15/h3-4H,2,5H2,1H3,(H,12,13)(H,14,15). The van der Waals surface area contributed by atoms with Gasteiger partial charge in [-0.15, -0.1) is 0 Å². The highest BCUT2D eigenvalue weighted by molar-refractivity contribution is 7.17. The SMILES string of the molecule is CCc1cnc(CNc2ncc(C(=O)O)s2)o1. The molecule has 0 aliphatic rings. The third-order valence-electron chi connectivity index (χ3n) is 2.06. The molecule has 0 saturated carbocycles. The van der Waals surface area contributed by atoms with Crippen LogP contribution in [0.4, 0.5) is 5.13 Å². The highest BCUT2D eigenvalue weighted by atomic mass is 32.1. The van der Waals surface area contributed by atoms with Crippen LogP contribution in [0, 0.1) is 0 Å². The Morgan fingerprint density at radius 3 is 2.94 bits per heavy atom. The van der Waals surface area contributed by atoms with Crippen molar-refractivity contribution in [3.8, 4) is 0 Å². The fraction of sp³-hybridized carbons (Fsp3) is 0.300. The number of nitrogens with zero attached hydrogens (tertiary/aromatic N) is 2. The maximum atomic E-state index is 10.6. The van der Waals surface area contributed by atoms with Gasteiger partial charge in [0.2, 0.25) is 5.89 Å². The molecule has 2 N–H and O–H groups in total. The van der Waals surface area contributed by atoms with Gasteiger partial charge in [-0.3, -0.25) is 0 Å². The highest BCUT2D eigenvalue weighted by Gasteiger charge is 2.09. The second kappa shape index (κ2) is 4.96. The van der Waals surface area contributed by atoms with Gasteiger partial charge in [-0.05, 0) is 0 Å². The molecule has 90 valence electrons. The number of oxazole rings is 1. The van der Waals surface area contributed by atoms with Crippen molar-refractivity contribution >= 4 is 22.4 Å². The van der Waals surface area contributed by atoms with Gasteiger partial charge in [-0.2, -0.15) is 0 Å². The van der Waals surface area contributed by atoms with Gasteiger partial charge in [0, 0.05) is 6.42 Å². The lowest BCUT2D eigenvalue weighted by Crippen LogP contribution is -1.98. The minimum Gasteiger partial charge on any atom is -0.477 e. The molecular weight excluding hydrogens is 242 g/mol. The smallest absolute Gasteiger partial charge is 0.347 e. The van der Waals surface area contributed by atoms with Crippen molar-refractivity contribution in [2.24, 2.45) is 0 Å². The summed E-state index contributed by atoms with van der Waals surface area (Å²) >= 11 is 1.08. The summed E-state index contributed by atoms with van der Waals surface area (Å²) in [6.07, 6.45) is 3.80. The van der Waals surface area contributed by atoms with Gasteiger partial charge in [-0.1, -0.05) is 18.3 Å². The molecule has 0 aliphatic carbocycles. The zero-order valence-corrected chi connectivity index (χ0v) is 9.95. The first kappa shape index (κ1) is 11.6. The van der Waals surface area contributed by atoms with Crippen molar-refractivity contribution in [3.63, 3.8) is 0 Å². The quantitative estimate of drug-likeness (QED) is 0.847. The van der Waals surface area contributed by atoms with Crippen LogP contribution in [0.3, 0.4) is 0 Å². The Hall–Kier alpha value is -1.89. The maximum absolute atomic E-state index is 10.6. The lowest BCUT2D eigenvalue weighted by Gasteiger charge is -1.97. The van der Waals surface area contributed by atoms with E-state index in [1.807, 2.05) is 6.92 Å². The van der Waals surface area contributed by atoms with E-state index in [1.165, 1.54) is 6.20 Å². The summed E-state index contributed by atoms with van der Waals surface area (Å²) in [6.45, 7) is 2.38. The Morgan fingerprint density at radius 1 is 1.53 bits per heavy atom. The van der Waals surface area contributed by atoms with Gasteiger partial charge in [0.15, 0.2) is 5.13 Å². The topological polar surface area (TPSA) is 88.2 Å². The third kappa shape index (κ3) is 2.82. The van der Waals surface area contributed by atoms with E-state index in [2.05, 4.69) is 15.3 Å². The van der Waals surface area contributed by atoms with Gasteiger partial charge in [-0.25, -0.2) is 14.8 Å². The number of rotatable bonds is 5. The first-order valence-corrected chi connectivity index (χ1v) is 5.87. The zero-order chi connectivity index (χ0) is 12.3. The first-order valence-electron chi connectivity index (χ1n) is 5.05. The average Bonchev–Trinajstić information content (AvgIpc) is 2.95. The van der Waals surface area contributed by atoms with E-state index in [-0.39, 0.29) is 4.88 Å². The minimum atomic E-state index is -0.972. The first-order chi connectivity index (χ1) is 8.19. The van der Waals surface area contributed by atoms with Crippen LogP contribution in [0.5, 0.6) is 0 Å². The molecule has 0 unspecified atom stereocenters. The van der Waals surface area contributed by atoms with E-state index in [0.717, 1.165) is 23.5 Å². The Bertz CT molecular complexity index is 520. The molecular formula is C10H11N3O3S. The molecule has 2 heterocycles. The summed E-state index contributed by atoms with van der Waals surface area (Å²) in [6, 6.07) is 0. The fourth-order valence-corrected chi connectivity index (χ4v) is 1.85. The normalized spacial score (nSPS) is 10.4. The number of carboxylic acids is 1. The molecule has 2 aromatic rings. The summed E-state index contributed by atoms with van der Waals surface area (Å²) in [4.78, 5) is 18.9. The second-order valence-electron chi connectivity index (χ2n) is 3.26. The van der Waals surface area contributed by atoms with E-state index in [4.69, 9.17) is 9.52 Å². The predicted molar refractivity (Wildman–Crippen MR) is 62.3 cm³/mol. The van der Waals surface area contributed by atoms with Crippen LogP contribution in [-0.4, -0.2) is 21.0 Å². The average molecular weight is 253 g/mol. The van der Waals surface area contributed by atoms with Gasteiger partial charge in [0.1, 0.15) is 10.6 Å². The summed E-state index contributed by atoms with van der Waals surface area (Å²) < 4.78 is 5.40. The van der Waals surface area contributed by atoms with Crippen LogP contribution in [-0.2, 0) is 13.0 Å². The molecule has 0 saturated heterocycles. The zero-order valence-electron chi connectivity index (χ0n) is 9.14. The molecule has 7 heteroatoms. The predicted octanol–water partition coefficient (Wildman–Crippen LogP) is 2.00. The van der Waals surface area contributed by atoms with Crippen LogP contribution in [0.15, 0.2) is 16.8 Å². The summed E-state index contributed by atoms with van der Waals surface area (Å²) in [5.74, 6) is 0.418. The highest BCUT2D eigenvalue weighted by Crippen LogP contribution is 2.18. The number of carbonyl (C=O) groups is 1. The molecule has 0 radical (unpaired) electrons. The van der Waals surface area contributed by atoms with Crippen molar-refractivity contribution in [2.75, 3.05) is 5.32 Å². The van der Waals surface area contributed by atoms with Crippen molar-refractivity contribution in [1.29, 1.82) is 0 Å². The lowest BCUT2D eigenvalue weighted by atomic mass is 10.4. The molecule has 2 aromatic heterocycles. The summed E-state index contributed by atoms with van der Waals surface area (Å²) in [7, 11) is 0. The molecule has 0 bridgehead atoms.